The van der Waals surface area contributed by atoms with Gasteiger partial charge >= 0.3 is 0 Å². The van der Waals surface area contributed by atoms with Crippen LogP contribution in [0.1, 0.15) is 74.9 Å². The van der Waals surface area contributed by atoms with Crippen molar-refractivity contribution in [2.45, 2.75) is 71.9 Å². The number of rotatable bonds is 6. The third-order valence-corrected chi connectivity index (χ3v) is 7.22. The number of hydrogen-bond donors (Lipinski definition) is 1. The van der Waals surface area contributed by atoms with Crippen LogP contribution in [0.5, 0.6) is 5.75 Å². The molecule has 1 aromatic heterocycles. The fourth-order valence-electron chi connectivity index (χ4n) is 5.16. The molecule has 0 bridgehead atoms. The molecule has 0 spiro atoms. The molecule has 1 amide bonds. The molecule has 5 heteroatoms. The van der Waals surface area contributed by atoms with Crippen LogP contribution in [-0.4, -0.2) is 36.0 Å². The number of amides is 1. The van der Waals surface area contributed by atoms with Crippen molar-refractivity contribution in [1.29, 1.82) is 0 Å². The average molecular weight is 450 g/mol. The predicted octanol–water partition coefficient (Wildman–Crippen LogP) is 5.08. The number of carbonyl (C=O) groups excluding carboxylic acids is 1. The number of methoxy groups -OCH3 is 1. The zero-order chi connectivity index (χ0) is 23.4. The molecule has 0 unspecified atom stereocenters. The summed E-state index contributed by atoms with van der Waals surface area (Å²) in [5, 5.41) is 3.32. The van der Waals surface area contributed by atoms with Crippen molar-refractivity contribution in [2.24, 2.45) is 11.3 Å². The van der Waals surface area contributed by atoms with Gasteiger partial charge in [-0.25, -0.2) is 0 Å². The smallest absolute Gasteiger partial charge is 0.225 e. The Labute approximate surface area is 198 Å². The second-order valence-electron chi connectivity index (χ2n) is 10.7. The monoisotopic (exact) mass is 449 g/mol. The SMILES string of the molecule is COc1cc2c(cc1CN1CCC([C@@H](NC(=O)C(C)(C)C)c3ccccn3)CC1)CCCC2. The number of piperidine rings is 1. The third kappa shape index (κ3) is 5.75. The van der Waals surface area contributed by atoms with E-state index in [9.17, 15) is 4.79 Å². The van der Waals surface area contributed by atoms with E-state index < -0.39 is 5.41 Å². The maximum absolute atomic E-state index is 12.8. The maximum atomic E-state index is 12.8. The van der Waals surface area contributed by atoms with Crippen molar-refractivity contribution in [3.05, 3.63) is 58.9 Å². The van der Waals surface area contributed by atoms with E-state index in [0.29, 0.717) is 5.92 Å². The van der Waals surface area contributed by atoms with Gasteiger partial charge in [-0.05, 0) is 86.9 Å². The fourth-order valence-corrected chi connectivity index (χ4v) is 5.16. The summed E-state index contributed by atoms with van der Waals surface area (Å²) >= 11 is 0. The minimum absolute atomic E-state index is 0.0432. The van der Waals surface area contributed by atoms with Gasteiger partial charge in [-0.1, -0.05) is 32.9 Å². The van der Waals surface area contributed by atoms with E-state index in [0.717, 1.165) is 43.9 Å². The van der Waals surface area contributed by atoms with E-state index in [2.05, 4.69) is 27.3 Å². The highest BCUT2D eigenvalue weighted by atomic mass is 16.5. The number of ether oxygens (including phenoxy) is 1. The van der Waals surface area contributed by atoms with Crippen molar-refractivity contribution < 1.29 is 9.53 Å². The standard InChI is InChI=1S/C28H39N3O2/c1-28(2,3)27(32)30-26(24-11-7-8-14-29-24)20-12-15-31(16-13-20)19-23-17-21-9-5-6-10-22(21)18-25(23)33-4/h7-8,11,14,17-18,20,26H,5-6,9-10,12-13,15-16,19H2,1-4H3,(H,30,32)/t26-/m1/s1. The first-order valence-electron chi connectivity index (χ1n) is 12.5. The zero-order valence-electron chi connectivity index (χ0n) is 20.7. The lowest BCUT2D eigenvalue weighted by Gasteiger charge is -2.37. The number of likely N-dealkylation sites (tertiary alicyclic amines) is 1. The van der Waals surface area contributed by atoms with Crippen molar-refractivity contribution >= 4 is 5.91 Å². The van der Waals surface area contributed by atoms with E-state index >= 15 is 0 Å². The lowest BCUT2D eigenvalue weighted by molar-refractivity contribution is -0.129. The highest BCUT2D eigenvalue weighted by Crippen LogP contribution is 2.34. The molecule has 2 heterocycles. The number of fused-ring (bicyclic) bond motifs is 1. The zero-order valence-corrected chi connectivity index (χ0v) is 20.7. The molecule has 4 rings (SSSR count). The van der Waals surface area contributed by atoms with Crippen molar-refractivity contribution in [3.8, 4) is 5.75 Å². The van der Waals surface area contributed by atoms with Crippen LogP contribution in [0.3, 0.4) is 0 Å². The second-order valence-corrected chi connectivity index (χ2v) is 10.7. The van der Waals surface area contributed by atoms with E-state index in [1.54, 1.807) is 7.11 Å². The summed E-state index contributed by atoms with van der Waals surface area (Å²) in [5.74, 6) is 1.49. The van der Waals surface area contributed by atoms with Crippen LogP contribution in [0.25, 0.3) is 0 Å². The molecule has 2 aliphatic rings. The number of pyridine rings is 1. The quantitative estimate of drug-likeness (QED) is 0.668. The summed E-state index contributed by atoms with van der Waals surface area (Å²) in [5.41, 5.74) is 4.82. The normalized spacial score (nSPS) is 18.4. The van der Waals surface area contributed by atoms with Crippen molar-refractivity contribution in [3.63, 3.8) is 0 Å². The first-order chi connectivity index (χ1) is 15.8. The Bertz CT molecular complexity index is 944. The Balaban J connectivity index is 1.44. The van der Waals surface area contributed by atoms with Crippen LogP contribution in [0.2, 0.25) is 0 Å². The largest absolute Gasteiger partial charge is 0.496 e. The molecule has 1 N–H and O–H groups in total. The number of nitrogens with one attached hydrogen (secondary N) is 1. The van der Waals surface area contributed by atoms with Crippen LogP contribution in [-0.2, 0) is 24.2 Å². The number of hydrogen-bond acceptors (Lipinski definition) is 4. The van der Waals surface area contributed by atoms with Gasteiger partial charge in [0.05, 0.1) is 18.8 Å². The summed E-state index contributed by atoms with van der Waals surface area (Å²) in [6.45, 7) is 8.84. The molecule has 0 radical (unpaired) electrons. The Morgan fingerprint density at radius 3 is 2.45 bits per heavy atom. The number of aromatic nitrogens is 1. The van der Waals surface area contributed by atoms with Crippen LogP contribution < -0.4 is 10.1 Å². The molecule has 1 fully saturated rings. The first-order valence-corrected chi connectivity index (χ1v) is 12.5. The van der Waals surface area contributed by atoms with E-state index in [1.165, 1.54) is 42.4 Å². The lowest BCUT2D eigenvalue weighted by Crippen LogP contribution is -2.44. The number of benzene rings is 1. The van der Waals surface area contributed by atoms with Gasteiger partial charge in [0.25, 0.3) is 0 Å². The Morgan fingerprint density at radius 1 is 1.15 bits per heavy atom. The van der Waals surface area contributed by atoms with E-state index in [4.69, 9.17) is 4.74 Å². The van der Waals surface area contributed by atoms with Gasteiger partial charge in [-0.3, -0.25) is 14.7 Å². The molecule has 2 aromatic rings. The van der Waals surface area contributed by atoms with Gasteiger partial charge in [0.2, 0.25) is 5.91 Å². The first kappa shape index (κ1) is 23.7. The molecule has 1 saturated heterocycles. The Morgan fingerprint density at radius 2 is 1.85 bits per heavy atom. The molecular weight excluding hydrogens is 410 g/mol. The van der Waals surface area contributed by atoms with E-state index in [1.807, 2.05) is 45.2 Å². The molecule has 178 valence electrons. The predicted molar refractivity (Wildman–Crippen MR) is 132 cm³/mol. The summed E-state index contributed by atoms with van der Waals surface area (Å²) in [4.78, 5) is 19.9. The van der Waals surface area contributed by atoms with Crippen LogP contribution in [0.15, 0.2) is 36.5 Å². The number of carbonyl (C=O) groups is 1. The average Bonchev–Trinajstić information content (AvgIpc) is 2.82. The minimum atomic E-state index is -0.420. The van der Waals surface area contributed by atoms with Crippen LogP contribution in [0.4, 0.5) is 0 Å². The molecule has 1 aromatic carbocycles. The van der Waals surface area contributed by atoms with Gasteiger partial charge in [-0.15, -0.1) is 0 Å². The highest BCUT2D eigenvalue weighted by molar-refractivity contribution is 5.81. The third-order valence-electron chi connectivity index (χ3n) is 7.22. The molecule has 1 aliphatic carbocycles. The molecule has 1 aliphatic heterocycles. The minimum Gasteiger partial charge on any atom is -0.496 e. The fraction of sp³-hybridized carbons (Fsp3) is 0.571. The van der Waals surface area contributed by atoms with Gasteiger partial charge in [0.15, 0.2) is 0 Å². The van der Waals surface area contributed by atoms with Crippen molar-refractivity contribution in [1.82, 2.24) is 15.2 Å². The molecule has 1 atom stereocenters. The number of aryl methyl sites for hydroxylation is 2. The van der Waals surface area contributed by atoms with Gasteiger partial charge in [0, 0.05) is 23.7 Å². The number of nitrogens with zero attached hydrogens (tertiary/aromatic N) is 2. The van der Waals surface area contributed by atoms with Crippen molar-refractivity contribution in [2.75, 3.05) is 20.2 Å². The summed E-state index contributed by atoms with van der Waals surface area (Å²) in [6.07, 6.45) is 8.84. The molecule has 0 saturated carbocycles. The lowest BCUT2D eigenvalue weighted by atomic mass is 9.85. The van der Waals surface area contributed by atoms with Gasteiger partial charge < -0.3 is 10.1 Å². The summed E-state index contributed by atoms with van der Waals surface area (Å²) in [6, 6.07) is 10.6. The topological polar surface area (TPSA) is 54.5 Å². The van der Waals surface area contributed by atoms with Crippen LogP contribution >= 0.6 is 0 Å². The van der Waals surface area contributed by atoms with E-state index in [-0.39, 0.29) is 11.9 Å². The van der Waals surface area contributed by atoms with Gasteiger partial charge in [0.1, 0.15) is 5.75 Å². The maximum Gasteiger partial charge on any atom is 0.225 e. The Kier molecular flexibility index (Phi) is 7.38. The van der Waals surface area contributed by atoms with Crippen LogP contribution in [0, 0.1) is 11.3 Å². The Hall–Kier alpha value is -2.40. The van der Waals surface area contributed by atoms with Gasteiger partial charge in [-0.2, -0.15) is 0 Å². The highest BCUT2D eigenvalue weighted by Gasteiger charge is 2.32. The molecule has 5 nitrogen and oxygen atoms in total. The summed E-state index contributed by atoms with van der Waals surface area (Å²) in [7, 11) is 1.79. The molecular formula is C28H39N3O2. The summed E-state index contributed by atoms with van der Waals surface area (Å²) < 4.78 is 5.76. The molecule has 33 heavy (non-hydrogen) atoms. The second kappa shape index (κ2) is 10.3.